The van der Waals surface area contributed by atoms with Crippen molar-refractivity contribution >= 4 is 11.6 Å². The number of anilines is 1. The van der Waals surface area contributed by atoms with Crippen LogP contribution in [0.3, 0.4) is 0 Å². The molecule has 0 saturated heterocycles. The largest absolute Gasteiger partial charge is 0.395 e. The summed E-state index contributed by atoms with van der Waals surface area (Å²) in [5.41, 5.74) is 7.83. The van der Waals surface area contributed by atoms with Gasteiger partial charge in [-0.2, -0.15) is 5.10 Å². The lowest BCUT2D eigenvalue weighted by Gasteiger charge is -2.45. The van der Waals surface area contributed by atoms with Crippen LogP contribution in [0.5, 0.6) is 0 Å². The maximum atomic E-state index is 12.3. The molecule has 0 atom stereocenters. The Balaban J connectivity index is 2.10. The molecule has 0 radical (unpaired) electrons. The molecule has 0 bridgehead atoms. The van der Waals surface area contributed by atoms with Crippen molar-refractivity contribution in [2.45, 2.75) is 59.9 Å². The Morgan fingerprint density at radius 3 is 2.30 bits per heavy atom. The molecule has 1 aliphatic rings. The summed E-state index contributed by atoms with van der Waals surface area (Å²) in [5, 5.41) is 9.84. The van der Waals surface area contributed by atoms with Crippen molar-refractivity contribution in [3.8, 4) is 0 Å². The molecule has 1 saturated carbocycles. The Hall–Kier alpha value is -1.52. The first-order chi connectivity index (χ1) is 9.10. The van der Waals surface area contributed by atoms with Gasteiger partial charge in [-0.1, -0.05) is 27.7 Å². The van der Waals surface area contributed by atoms with E-state index in [-0.39, 0.29) is 22.8 Å². The van der Waals surface area contributed by atoms with E-state index in [1.807, 2.05) is 6.92 Å². The number of hydrogen-bond donors (Lipinski definition) is 3. The number of aryl methyl sites for hydroxylation is 1. The first-order valence-corrected chi connectivity index (χ1v) is 7.21. The molecular weight excluding hydrogens is 252 g/mol. The minimum atomic E-state index is -0.176. The Labute approximate surface area is 120 Å². The van der Waals surface area contributed by atoms with Gasteiger partial charge in [0.1, 0.15) is 0 Å². The Morgan fingerprint density at radius 1 is 1.30 bits per heavy atom. The van der Waals surface area contributed by atoms with Crippen molar-refractivity contribution in [1.29, 1.82) is 0 Å². The highest BCUT2D eigenvalue weighted by Crippen LogP contribution is 2.45. The van der Waals surface area contributed by atoms with Crippen LogP contribution < -0.4 is 11.1 Å². The summed E-state index contributed by atoms with van der Waals surface area (Å²) in [5.74, 6) is -0.176. The van der Waals surface area contributed by atoms with E-state index in [0.717, 1.165) is 18.5 Å². The molecule has 1 amide bonds. The summed E-state index contributed by atoms with van der Waals surface area (Å²) in [6.07, 6.45) is 3.16. The first kappa shape index (κ1) is 14.9. The summed E-state index contributed by atoms with van der Waals surface area (Å²) in [4.78, 5) is 12.3. The SMILES string of the molecule is Cc1[nH]nc(C(=O)NC2CC(C)(C)CC(C)(C)C2)c1N. The zero-order valence-electron chi connectivity index (χ0n) is 13.1. The fourth-order valence-corrected chi connectivity index (χ4v) is 3.81. The van der Waals surface area contributed by atoms with Gasteiger partial charge in [-0.05, 0) is 37.0 Å². The normalized spacial score (nSPS) is 21.6. The molecule has 5 heteroatoms. The monoisotopic (exact) mass is 278 g/mol. The zero-order chi connectivity index (χ0) is 15.1. The molecule has 0 spiro atoms. The number of hydrogen-bond acceptors (Lipinski definition) is 3. The van der Waals surface area contributed by atoms with E-state index < -0.39 is 0 Å². The van der Waals surface area contributed by atoms with E-state index in [9.17, 15) is 4.79 Å². The van der Waals surface area contributed by atoms with Crippen molar-refractivity contribution in [1.82, 2.24) is 15.5 Å². The van der Waals surface area contributed by atoms with Gasteiger partial charge in [0.2, 0.25) is 0 Å². The number of nitrogens with two attached hydrogens (primary N) is 1. The number of nitrogens with zero attached hydrogens (tertiary/aromatic N) is 1. The van der Waals surface area contributed by atoms with Gasteiger partial charge in [-0.25, -0.2) is 0 Å². The molecule has 1 aliphatic carbocycles. The van der Waals surface area contributed by atoms with Gasteiger partial charge < -0.3 is 11.1 Å². The van der Waals surface area contributed by atoms with Crippen LogP contribution in [0.2, 0.25) is 0 Å². The third kappa shape index (κ3) is 3.14. The molecule has 4 N–H and O–H groups in total. The van der Waals surface area contributed by atoms with Gasteiger partial charge in [0.05, 0.1) is 11.4 Å². The Kier molecular flexibility index (Phi) is 3.56. The number of carbonyl (C=O) groups excluding carboxylic acids is 1. The van der Waals surface area contributed by atoms with Gasteiger partial charge >= 0.3 is 0 Å². The summed E-state index contributed by atoms with van der Waals surface area (Å²) in [6.45, 7) is 10.9. The van der Waals surface area contributed by atoms with Crippen molar-refractivity contribution in [3.63, 3.8) is 0 Å². The number of carbonyl (C=O) groups is 1. The summed E-state index contributed by atoms with van der Waals surface area (Å²) in [7, 11) is 0. The van der Waals surface area contributed by atoms with Crippen molar-refractivity contribution < 1.29 is 4.79 Å². The zero-order valence-corrected chi connectivity index (χ0v) is 13.1. The van der Waals surface area contributed by atoms with E-state index in [0.29, 0.717) is 11.4 Å². The first-order valence-electron chi connectivity index (χ1n) is 7.21. The summed E-state index contributed by atoms with van der Waals surface area (Å²) < 4.78 is 0. The van der Waals surface area contributed by atoms with Gasteiger partial charge in [0, 0.05) is 6.04 Å². The second-order valence-electron chi connectivity index (χ2n) is 7.69. The predicted molar refractivity (Wildman–Crippen MR) is 80.4 cm³/mol. The van der Waals surface area contributed by atoms with Crippen molar-refractivity contribution in [2.75, 3.05) is 5.73 Å². The quantitative estimate of drug-likeness (QED) is 0.777. The van der Waals surface area contributed by atoms with Crippen LogP contribution in [-0.2, 0) is 0 Å². The number of H-pyrrole nitrogens is 1. The average Bonchev–Trinajstić information content (AvgIpc) is 2.54. The molecule has 1 aromatic heterocycles. The maximum absolute atomic E-state index is 12.3. The number of nitrogen functional groups attached to an aromatic ring is 1. The third-order valence-electron chi connectivity index (χ3n) is 4.10. The fraction of sp³-hybridized carbons (Fsp3) is 0.733. The van der Waals surface area contributed by atoms with Crippen LogP contribution in [0.25, 0.3) is 0 Å². The molecule has 1 aromatic rings. The second-order valence-corrected chi connectivity index (χ2v) is 7.69. The lowest BCUT2D eigenvalue weighted by molar-refractivity contribution is 0.0711. The summed E-state index contributed by atoms with van der Waals surface area (Å²) >= 11 is 0. The van der Waals surface area contributed by atoms with Gasteiger partial charge in [-0.3, -0.25) is 9.89 Å². The molecule has 1 heterocycles. The van der Waals surface area contributed by atoms with Crippen LogP contribution in [0, 0.1) is 17.8 Å². The molecule has 0 unspecified atom stereocenters. The molecule has 2 rings (SSSR count). The molecule has 20 heavy (non-hydrogen) atoms. The number of amides is 1. The fourth-order valence-electron chi connectivity index (χ4n) is 3.81. The Morgan fingerprint density at radius 2 is 1.85 bits per heavy atom. The van der Waals surface area contributed by atoms with E-state index >= 15 is 0 Å². The van der Waals surface area contributed by atoms with Gasteiger partial charge in [0.15, 0.2) is 5.69 Å². The Bertz CT molecular complexity index is 500. The van der Waals surface area contributed by atoms with Crippen molar-refractivity contribution in [3.05, 3.63) is 11.4 Å². The highest BCUT2D eigenvalue weighted by atomic mass is 16.2. The molecule has 112 valence electrons. The number of aromatic nitrogens is 2. The predicted octanol–water partition coefficient (Wildman–Crippen LogP) is 2.64. The van der Waals surface area contributed by atoms with E-state index in [1.54, 1.807) is 0 Å². The smallest absolute Gasteiger partial charge is 0.274 e. The molecule has 0 aromatic carbocycles. The van der Waals surface area contributed by atoms with Crippen LogP contribution in [0.15, 0.2) is 0 Å². The molecule has 5 nitrogen and oxygen atoms in total. The molecule has 0 aliphatic heterocycles. The number of nitrogens with one attached hydrogen (secondary N) is 2. The van der Waals surface area contributed by atoms with Gasteiger partial charge in [0.25, 0.3) is 5.91 Å². The minimum Gasteiger partial charge on any atom is -0.395 e. The van der Waals surface area contributed by atoms with Crippen LogP contribution in [-0.4, -0.2) is 22.1 Å². The maximum Gasteiger partial charge on any atom is 0.274 e. The second kappa shape index (κ2) is 4.79. The van der Waals surface area contributed by atoms with E-state index in [4.69, 9.17) is 5.73 Å². The molecule has 1 fully saturated rings. The number of aromatic amines is 1. The van der Waals surface area contributed by atoms with Gasteiger partial charge in [-0.15, -0.1) is 0 Å². The van der Waals surface area contributed by atoms with Crippen LogP contribution >= 0.6 is 0 Å². The highest BCUT2D eigenvalue weighted by Gasteiger charge is 2.39. The average molecular weight is 278 g/mol. The number of rotatable bonds is 2. The highest BCUT2D eigenvalue weighted by molar-refractivity contribution is 5.97. The molecular formula is C15H26N4O. The van der Waals surface area contributed by atoms with Crippen LogP contribution in [0.1, 0.15) is 63.1 Å². The van der Waals surface area contributed by atoms with Crippen molar-refractivity contribution in [2.24, 2.45) is 10.8 Å². The lowest BCUT2D eigenvalue weighted by Crippen LogP contribution is -2.46. The minimum absolute atomic E-state index is 0.176. The third-order valence-corrected chi connectivity index (χ3v) is 4.10. The summed E-state index contributed by atoms with van der Waals surface area (Å²) in [6, 6.07) is 0.178. The standard InChI is InChI=1S/C15H26N4O/c1-9-11(16)12(19-18-9)13(20)17-10-6-14(2,3)8-15(4,5)7-10/h10H,6-8,16H2,1-5H3,(H,17,20)(H,18,19). The van der Waals surface area contributed by atoms with E-state index in [2.05, 4.69) is 43.2 Å². The topological polar surface area (TPSA) is 83.8 Å². The van der Waals surface area contributed by atoms with E-state index in [1.165, 1.54) is 6.42 Å². The van der Waals surface area contributed by atoms with Crippen LogP contribution in [0.4, 0.5) is 5.69 Å². The lowest BCUT2D eigenvalue weighted by atomic mass is 9.63.